The van der Waals surface area contributed by atoms with Crippen LogP contribution in [0.5, 0.6) is 0 Å². The zero-order chi connectivity index (χ0) is 23.7. The third-order valence-corrected chi connectivity index (χ3v) is 10.5. The second-order valence-electron chi connectivity index (χ2n) is 9.52. The predicted octanol–water partition coefficient (Wildman–Crippen LogP) is 4.20. The first-order valence-corrected chi connectivity index (χ1v) is 13.5. The number of nitrogens with one attached hydrogen (secondary N) is 2. The Morgan fingerprint density at radius 2 is 2.12 bits per heavy atom. The summed E-state index contributed by atoms with van der Waals surface area (Å²) in [6.07, 6.45) is 0.596. The molecule has 1 atom stereocenters. The van der Waals surface area contributed by atoms with Crippen LogP contribution in [0.15, 0.2) is 24.4 Å². The number of ether oxygens (including phenoxy) is 1. The second-order valence-corrected chi connectivity index (χ2v) is 14.3. The van der Waals surface area contributed by atoms with Crippen LogP contribution in [0.3, 0.4) is 0 Å². The van der Waals surface area contributed by atoms with Crippen LogP contribution in [0.25, 0.3) is 11.4 Å². The Kier molecular flexibility index (Phi) is 6.75. The number of hydrogen-bond donors (Lipinski definition) is 2. The van der Waals surface area contributed by atoms with E-state index in [2.05, 4.69) is 49.1 Å². The molecule has 0 spiro atoms. The highest BCUT2D eigenvalue weighted by atomic mass is 28.4. The molecule has 1 aromatic heterocycles. The van der Waals surface area contributed by atoms with Crippen LogP contribution < -0.4 is 10.2 Å². The maximum atomic E-state index is 14.9. The molecule has 1 aliphatic rings. The molecule has 3 rings (SSSR count). The van der Waals surface area contributed by atoms with Crippen LogP contribution in [0, 0.1) is 5.82 Å². The Balaban J connectivity index is 1.69. The van der Waals surface area contributed by atoms with Crippen molar-refractivity contribution in [2.75, 3.05) is 18.0 Å². The number of imidazole rings is 1. The van der Waals surface area contributed by atoms with Gasteiger partial charge in [-0.25, -0.2) is 14.2 Å². The van der Waals surface area contributed by atoms with Crippen molar-refractivity contribution in [3.05, 3.63) is 35.9 Å². The van der Waals surface area contributed by atoms with Crippen molar-refractivity contribution in [1.82, 2.24) is 15.3 Å². The molecule has 1 aromatic carbocycles. The number of carbonyl (C=O) groups excluding carboxylic acids is 2. The monoisotopic (exact) mass is 462 g/mol. The quantitative estimate of drug-likeness (QED) is 0.601. The number of rotatable bonds is 7. The van der Waals surface area contributed by atoms with Crippen LogP contribution in [0.1, 0.15) is 33.4 Å². The minimum Gasteiger partial charge on any atom is -0.442 e. The lowest BCUT2D eigenvalue weighted by atomic mass is 10.1. The highest BCUT2D eigenvalue weighted by molar-refractivity contribution is 6.74. The summed E-state index contributed by atoms with van der Waals surface area (Å²) in [5, 5.41) is 2.71. The number of anilines is 1. The van der Waals surface area contributed by atoms with Gasteiger partial charge in [0, 0.05) is 6.92 Å². The van der Waals surface area contributed by atoms with Crippen molar-refractivity contribution in [2.45, 2.75) is 58.5 Å². The number of halogens is 1. The van der Waals surface area contributed by atoms with Gasteiger partial charge in [-0.05, 0) is 36.3 Å². The lowest BCUT2D eigenvalue weighted by molar-refractivity contribution is -0.119. The van der Waals surface area contributed by atoms with E-state index >= 15 is 0 Å². The fourth-order valence-electron chi connectivity index (χ4n) is 3.00. The molecule has 32 heavy (non-hydrogen) atoms. The lowest BCUT2D eigenvalue weighted by Gasteiger charge is -2.35. The first-order valence-electron chi connectivity index (χ1n) is 10.6. The van der Waals surface area contributed by atoms with E-state index in [-0.39, 0.29) is 24.0 Å². The molecule has 0 radical (unpaired) electrons. The lowest BCUT2D eigenvalue weighted by Crippen LogP contribution is -2.40. The average Bonchev–Trinajstić information content (AvgIpc) is 3.30. The van der Waals surface area contributed by atoms with Gasteiger partial charge in [-0.1, -0.05) is 20.8 Å². The number of H-pyrrole nitrogens is 1. The highest BCUT2D eigenvalue weighted by Gasteiger charge is 2.37. The summed E-state index contributed by atoms with van der Waals surface area (Å²) >= 11 is 0. The van der Waals surface area contributed by atoms with E-state index in [0.29, 0.717) is 23.7 Å². The summed E-state index contributed by atoms with van der Waals surface area (Å²) in [4.78, 5) is 32.0. The van der Waals surface area contributed by atoms with E-state index in [1.807, 2.05) is 0 Å². The fourth-order valence-corrected chi connectivity index (χ4v) is 3.95. The number of aromatic amines is 1. The normalized spacial score (nSPS) is 16.9. The van der Waals surface area contributed by atoms with Gasteiger partial charge in [-0.3, -0.25) is 9.69 Å². The summed E-state index contributed by atoms with van der Waals surface area (Å²) in [6, 6.07) is 4.51. The first kappa shape index (κ1) is 23.9. The number of carbonyl (C=O) groups is 2. The van der Waals surface area contributed by atoms with Crippen LogP contribution >= 0.6 is 0 Å². The number of benzene rings is 1. The molecular formula is C22H31FN4O4Si. The molecule has 8 nitrogen and oxygen atoms in total. The second kappa shape index (κ2) is 9.03. The summed E-state index contributed by atoms with van der Waals surface area (Å²) in [5.41, 5.74) is 1.46. The van der Waals surface area contributed by atoms with Gasteiger partial charge in [0.15, 0.2) is 8.32 Å². The third-order valence-electron chi connectivity index (χ3n) is 6.00. The molecule has 0 saturated carbocycles. The molecule has 10 heteroatoms. The van der Waals surface area contributed by atoms with E-state index in [1.54, 1.807) is 18.3 Å². The Morgan fingerprint density at radius 1 is 1.41 bits per heavy atom. The van der Waals surface area contributed by atoms with Crippen LogP contribution in [0.2, 0.25) is 18.1 Å². The molecular weight excluding hydrogens is 431 g/mol. The molecule has 2 aromatic rings. The minimum absolute atomic E-state index is 0.0929. The van der Waals surface area contributed by atoms with Crippen LogP contribution in [-0.2, 0) is 20.6 Å². The molecule has 0 bridgehead atoms. The minimum atomic E-state index is -1.91. The summed E-state index contributed by atoms with van der Waals surface area (Å²) in [7, 11) is -1.91. The standard InChI is InChI=1S/C22H31FN4O4Si/c1-14(28)24-11-17-12-27(21(29)31-17)16-7-8-18(19(23)9-16)20-25-10-15(26-20)13-30-32(5,6)22(2,3)4/h7-10,17H,11-13H2,1-6H3,(H,24,28)(H,25,26)/t17-/m0/s1. The first-order chi connectivity index (χ1) is 14.9. The highest BCUT2D eigenvalue weighted by Crippen LogP contribution is 2.37. The van der Waals surface area contributed by atoms with Gasteiger partial charge in [-0.2, -0.15) is 0 Å². The Morgan fingerprint density at radius 3 is 2.75 bits per heavy atom. The van der Waals surface area contributed by atoms with Crippen LogP contribution in [-0.4, -0.2) is 49.5 Å². The Bertz CT molecular complexity index is 1000. The molecule has 2 heterocycles. The fraction of sp³-hybridized carbons (Fsp3) is 0.500. The van der Waals surface area contributed by atoms with Crippen molar-refractivity contribution >= 4 is 26.0 Å². The van der Waals surface area contributed by atoms with Crippen molar-refractivity contribution in [3.63, 3.8) is 0 Å². The van der Waals surface area contributed by atoms with E-state index < -0.39 is 26.3 Å². The van der Waals surface area contributed by atoms with Crippen molar-refractivity contribution in [3.8, 4) is 11.4 Å². The van der Waals surface area contributed by atoms with E-state index in [0.717, 1.165) is 5.69 Å². The number of hydrogen-bond acceptors (Lipinski definition) is 5. The zero-order valence-electron chi connectivity index (χ0n) is 19.4. The summed E-state index contributed by atoms with van der Waals surface area (Å²) < 4.78 is 26.3. The largest absolute Gasteiger partial charge is 0.442 e. The Hall–Kier alpha value is -2.72. The molecule has 2 N–H and O–H groups in total. The molecule has 1 fully saturated rings. The number of aromatic nitrogens is 2. The molecule has 2 amide bonds. The van der Waals surface area contributed by atoms with Gasteiger partial charge in [0.2, 0.25) is 5.91 Å². The summed E-state index contributed by atoms with van der Waals surface area (Å²) in [6.45, 7) is 13.1. The summed E-state index contributed by atoms with van der Waals surface area (Å²) in [5.74, 6) is -0.315. The maximum Gasteiger partial charge on any atom is 0.414 e. The van der Waals surface area contributed by atoms with Gasteiger partial charge in [0.05, 0.1) is 42.8 Å². The number of amides is 2. The molecule has 1 aliphatic heterocycles. The zero-order valence-corrected chi connectivity index (χ0v) is 20.4. The predicted molar refractivity (Wildman–Crippen MR) is 122 cm³/mol. The van der Waals surface area contributed by atoms with Gasteiger partial charge in [0.25, 0.3) is 0 Å². The SMILES string of the molecule is CC(=O)NC[C@H]1CN(c2ccc(-c3ncc(CO[Si](C)(C)C(C)(C)C)[nH]3)c(F)c2)C(=O)O1. The van der Waals surface area contributed by atoms with Gasteiger partial charge < -0.3 is 19.5 Å². The van der Waals surface area contributed by atoms with Gasteiger partial charge in [-0.15, -0.1) is 0 Å². The van der Waals surface area contributed by atoms with Crippen molar-refractivity contribution < 1.29 is 23.1 Å². The Labute approximate surface area is 188 Å². The maximum absolute atomic E-state index is 14.9. The molecule has 0 aliphatic carbocycles. The van der Waals surface area contributed by atoms with Crippen molar-refractivity contribution in [2.24, 2.45) is 0 Å². The van der Waals surface area contributed by atoms with Crippen LogP contribution in [0.4, 0.5) is 14.9 Å². The van der Waals surface area contributed by atoms with Gasteiger partial charge in [0.1, 0.15) is 17.7 Å². The van der Waals surface area contributed by atoms with E-state index in [1.165, 1.54) is 17.9 Å². The molecule has 1 saturated heterocycles. The number of cyclic esters (lactones) is 1. The van der Waals surface area contributed by atoms with E-state index in [9.17, 15) is 14.0 Å². The topological polar surface area (TPSA) is 96.5 Å². The van der Waals surface area contributed by atoms with E-state index in [4.69, 9.17) is 9.16 Å². The molecule has 0 unspecified atom stereocenters. The molecule has 174 valence electrons. The van der Waals surface area contributed by atoms with Gasteiger partial charge >= 0.3 is 6.09 Å². The smallest absolute Gasteiger partial charge is 0.414 e. The average molecular weight is 463 g/mol. The number of nitrogens with zero attached hydrogens (tertiary/aromatic N) is 2. The van der Waals surface area contributed by atoms with Crippen molar-refractivity contribution in [1.29, 1.82) is 0 Å². The third kappa shape index (κ3) is 5.36.